The zero-order valence-corrected chi connectivity index (χ0v) is 12.3. The lowest BCUT2D eigenvalue weighted by Gasteiger charge is -2.35. The number of piperazine rings is 1. The van der Waals surface area contributed by atoms with Gasteiger partial charge in [-0.2, -0.15) is 0 Å². The predicted octanol–water partition coefficient (Wildman–Crippen LogP) is 3.02. The van der Waals surface area contributed by atoms with Crippen LogP contribution in [0.15, 0.2) is 24.3 Å². The van der Waals surface area contributed by atoms with E-state index in [-0.39, 0.29) is 24.8 Å². The van der Waals surface area contributed by atoms with Crippen LogP contribution >= 0.6 is 36.4 Å². The Kier molecular flexibility index (Phi) is 7.97. The maximum atomic E-state index is 5.94. The van der Waals surface area contributed by atoms with Crippen molar-refractivity contribution in [1.29, 1.82) is 0 Å². The van der Waals surface area contributed by atoms with Crippen LogP contribution in [0.4, 0.5) is 5.69 Å². The van der Waals surface area contributed by atoms with Crippen LogP contribution in [-0.2, 0) is 5.88 Å². The van der Waals surface area contributed by atoms with E-state index >= 15 is 0 Å². The second-order valence-electron chi connectivity index (χ2n) is 4.05. The highest BCUT2D eigenvalue weighted by atomic mass is 35.5. The van der Waals surface area contributed by atoms with Crippen LogP contribution < -0.4 is 4.90 Å². The average molecular weight is 298 g/mol. The van der Waals surface area contributed by atoms with Crippen molar-refractivity contribution in [2.75, 3.05) is 38.1 Å². The molecule has 17 heavy (non-hydrogen) atoms. The maximum Gasteiger partial charge on any atom is 0.0494 e. The first-order chi connectivity index (χ1) is 7.31. The van der Waals surface area contributed by atoms with E-state index < -0.39 is 0 Å². The molecular formula is C12H19Cl3N2. The Labute approximate surface area is 121 Å². The number of para-hydroxylation sites is 1. The zero-order valence-electron chi connectivity index (χ0n) is 9.93. The van der Waals surface area contributed by atoms with Gasteiger partial charge in [-0.3, -0.25) is 0 Å². The van der Waals surface area contributed by atoms with E-state index in [4.69, 9.17) is 11.6 Å². The lowest BCUT2D eigenvalue weighted by Crippen LogP contribution is -2.44. The molecule has 1 fully saturated rings. The summed E-state index contributed by atoms with van der Waals surface area (Å²) in [5.41, 5.74) is 2.55. The van der Waals surface area contributed by atoms with Gasteiger partial charge in [-0.05, 0) is 18.7 Å². The third-order valence-electron chi connectivity index (χ3n) is 2.98. The lowest BCUT2D eigenvalue weighted by atomic mass is 10.1. The van der Waals surface area contributed by atoms with Crippen molar-refractivity contribution in [3.8, 4) is 0 Å². The molecule has 0 spiro atoms. The van der Waals surface area contributed by atoms with E-state index in [2.05, 4.69) is 41.1 Å². The van der Waals surface area contributed by atoms with Crippen molar-refractivity contribution in [3.05, 3.63) is 29.8 Å². The molecule has 2 nitrogen and oxygen atoms in total. The summed E-state index contributed by atoms with van der Waals surface area (Å²) in [6.45, 7) is 4.47. The number of rotatable bonds is 2. The van der Waals surface area contributed by atoms with Gasteiger partial charge in [-0.25, -0.2) is 0 Å². The predicted molar refractivity (Wildman–Crippen MR) is 80.2 cm³/mol. The number of alkyl halides is 1. The van der Waals surface area contributed by atoms with Gasteiger partial charge in [-0.1, -0.05) is 18.2 Å². The lowest BCUT2D eigenvalue weighted by molar-refractivity contribution is 0.312. The number of likely N-dealkylation sites (N-methyl/N-ethyl adjacent to an activating group) is 1. The third-order valence-corrected chi connectivity index (χ3v) is 3.27. The van der Waals surface area contributed by atoms with Gasteiger partial charge in [0, 0.05) is 37.7 Å². The maximum absolute atomic E-state index is 5.94. The molecule has 0 N–H and O–H groups in total. The van der Waals surface area contributed by atoms with Crippen molar-refractivity contribution in [2.45, 2.75) is 5.88 Å². The van der Waals surface area contributed by atoms with E-state index in [0.29, 0.717) is 5.88 Å². The van der Waals surface area contributed by atoms with Gasteiger partial charge in [0.15, 0.2) is 0 Å². The molecule has 1 aromatic carbocycles. The Morgan fingerprint density at radius 2 is 1.65 bits per heavy atom. The SMILES string of the molecule is CN1CCN(c2ccccc2CCl)CC1.Cl.Cl. The molecule has 98 valence electrons. The molecule has 0 bridgehead atoms. The number of nitrogens with zero attached hydrogens (tertiary/aromatic N) is 2. The molecule has 1 heterocycles. The molecule has 0 unspecified atom stereocenters. The van der Waals surface area contributed by atoms with Gasteiger partial charge < -0.3 is 9.80 Å². The van der Waals surface area contributed by atoms with E-state index in [1.807, 2.05) is 0 Å². The Morgan fingerprint density at radius 1 is 1.06 bits per heavy atom. The first-order valence-electron chi connectivity index (χ1n) is 5.38. The fourth-order valence-corrected chi connectivity index (χ4v) is 2.21. The molecule has 0 atom stereocenters. The van der Waals surface area contributed by atoms with Crippen molar-refractivity contribution in [1.82, 2.24) is 4.90 Å². The largest absolute Gasteiger partial charge is 0.369 e. The number of anilines is 1. The van der Waals surface area contributed by atoms with Crippen LogP contribution in [0.2, 0.25) is 0 Å². The fourth-order valence-electron chi connectivity index (χ4n) is 1.98. The Balaban J connectivity index is 0.00000128. The first-order valence-corrected chi connectivity index (χ1v) is 5.92. The highest BCUT2D eigenvalue weighted by Gasteiger charge is 2.15. The standard InChI is InChI=1S/C12H17ClN2.2ClH/c1-14-6-8-15(9-7-14)12-5-3-2-4-11(12)10-13;;/h2-5H,6-10H2,1H3;2*1H. The van der Waals surface area contributed by atoms with Gasteiger partial charge in [0.1, 0.15) is 0 Å². The molecule has 1 saturated heterocycles. The summed E-state index contributed by atoms with van der Waals surface area (Å²) in [5, 5.41) is 0. The van der Waals surface area contributed by atoms with E-state index in [1.165, 1.54) is 11.3 Å². The monoisotopic (exact) mass is 296 g/mol. The minimum Gasteiger partial charge on any atom is -0.369 e. The van der Waals surface area contributed by atoms with Gasteiger partial charge in [0.25, 0.3) is 0 Å². The first kappa shape index (κ1) is 16.9. The minimum atomic E-state index is 0. The number of hydrogen-bond donors (Lipinski definition) is 0. The Bertz CT molecular complexity index is 325. The quantitative estimate of drug-likeness (QED) is 0.774. The molecule has 0 amide bonds. The van der Waals surface area contributed by atoms with Crippen LogP contribution in [0.3, 0.4) is 0 Å². The summed E-state index contributed by atoms with van der Waals surface area (Å²) in [6, 6.07) is 8.42. The molecule has 1 aliphatic heterocycles. The molecule has 0 aliphatic carbocycles. The summed E-state index contributed by atoms with van der Waals surface area (Å²) in [6.07, 6.45) is 0. The molecule has 0 saturated carbocycles. The van der Waals surface area contributed by atoms with Crippen LogP contribution in [0.25, 0.3) is 0 Å². The topological polar surface area (TPSA) is 6.48 Å². The van der Waals surface area contributed by atoms with Crippen LogP contribution in [-0.4, -0.2) is 38.1 Å². The highest BCUT2D eigenvalue weighted by molar-refractivity contribution is 6.17. The van der Waals surface area contributed by atoms with Gasteiger partial charge >= 0.3 is 0 Å². The minimum absolute atomic E-state index is 0. The number of hydrogen-bond acceptors (Lipinski definition) is 2. The van der Waals surface area contributed by atoms with Crippen molar-refractivity contribution in [2.24, 2.45) is 0 Å². The van der Waals surface area contributed by atoms with Gasteiger partial charge in [0.05, 0.1) is 0 Å². The highest BCUT2D eigenvalue weighted by Crippen LogP contribution is 2.22. The molecule has 1 aliphatic rings. The normalized spacial score (nSPS) is 16.0. The summed E-state index contributed by atoms with van der Waals surface area (Å²) in [5.74, 6) is 0.600. The van der Waals surface area contributed by atoms with E-state index in [9.17, 15) is 0 Å². The van der Waals surface area contributed by atoms with Crippen LogP contribution in [0.1, 0.15) is 5.56 Å². The Morgan fingerprint density at radius 3 is 2.24 bits per heavy atom. The average Bonchev–Trinajstić information content (AvgIpc) is 2.30. The second-order valence-corrected chi connectivity index (χ2v) is 4.32. The molecule has 0 aromatic heterocycles. The van der Waals surface area contributed by atoms with Crippen molar-refractivity contribution in [3.63, 3.8) is 0 Å². The molecule has 1 aromatic rings. The van der Waals surface area contributed by atoms with Crippen LogP contribution in [0.5, 0.6) is 0 Å². The number of halogens is 3. The summed E-state index contributed by atoms with van der Waals surface area (Å²) in [4.78, 5) is 4.79. The molecular weight excluding hydrogens is 279 g/mol. The molecule has 0 radical (unpaired) electrons. The number of benzene rings is 1. The van der Waals surface area contributed by atoms with Crippen LogP contribution in [0, 0.1) is 0 Å². The van der Waals surface area contributed by atoms with E-state index in [0.717, 1.165) is 26.2 Å². The molecule has 5 heteroatoms. The smallest absolute Gasteiger partial charge is 0.0494 e. The Hall–Kier alpha value is -0.150. The van der Waals surface area contributed by atoms with E-state index in [1.54, 1.807) is 0 Å². The molecule has 2 rings (SSSR count). The van der Waals surface area contributed by atoms with Crippen molar-refractivity contribution < 1.29 is 0 Å². The summed E-state index contributed by atoms with van der Waals surface area (Å²) < 4.78 is 0. The summed E-state index contributed by atoms with van der Waals surface area (Å²) in [7, 11) is 2.17. The zero-order chi connectivity index (χ0) is 10.7. The van der Waals surface area contributed by atoms with Crippen molar-refractivity contribution >= 4 is 42.1 Å². The fraction of sp³-hybridized carbons (Fsp3) is 0.500. The summed E-state index contributed by atoms with van der Waals surface area (Å²) >= 11 is 5.94. The second kappa shape index (κ2) is 8.04. The van der Waals surface area contributed by atoms with Gasteiger partial charge in [0.2, 0.25) is 0 Å². The third kappa shape index (κ3) is 4.22. The van der Waals surface area contributed by atoms with Gasteiger partial charge in [-0.15, -0.1) is 36.4 Å².